The quantitative estimate of drug-likeness (QED) is 0.253. The van der Waals surface area contributed by atoms with Crippen LogP contribution in [-0.4, -0.2) is 50.9 Å². The predicted octanol–water partition coefficient (Wildman–Crippen LogP) is 0.429. The van der Waals surface area contributed by atoms with Gasteiger partial charge in [-0.3, -0.25) is 14.9 Å². The number of thioether (sulfide) groups is 1. The first-order valence-electron chi connectivity index (χ1n) is 7.27. The molecular weight excluding hydrogens is 386 g/mol. The van der Waals surface area contributed by atoms with Crippen molar-refractivity contribution in [2.45, 2.75) is 24.1 Å². The van der Waals surface area contributed by atoms with E-state index < -0.39 is 28.9 Å². The number of nitro groups is 1. The van der Waals surface area contributed by atoms with Crippen LogP contribution >= 0.6 is 24.2 Å². The zero-order chi connectivity index (χ0) is 18.1. The Hall–Kier alpha value is -2.39. The number of amides is 1. The Morgan fingerprint density at radius 1 is 1.42 bits per heavy atom. The molecule has 11 heteroatoms. The van der Waals surface area contributed by atoms with Gasteiger partial charge in [-0.25, -0.2) is 9.59 Å². The van der Waals surface area contributed by atoms with Gasteiger partial charge in [-0.1, -0.05) is 0 Å². The molecule has 2 aliphatic heterocycles. The molecule has 0 radical (unpaired) electrons. The Labute approximate surface area is 158 Å². The fourth-order valence-electron chi connectivity index (χ4n) is 2.68. The van der Waals surface area contributed by atoms with E-state index in [0.717, 1.165) is 0 Å². The number of halogens is 1. The second kappa shape index (κ2) is 7.88. The van der Waals surface area contributed by atoms with E-state index in [0.29, 0.717) is 5.56 Å². The minimum absolute atomic E-state index is 0. The zero-order valence-electron chi connectivity index (χ0n) is 13.2. The van der Waals surface area contributed by atoms with Crippen LogP contribution in [0.15, 0.2) is 29.8 Å². The Bertz CT molecular complexity index is 795. The molecule has 3 rings (SSSR count). The Balaban J connectivity index is 0.00000243. The van der Waals surface area contributed by atoms with Gasteiger partial charge < -0.3 is 15.4 Å². The van der Waals surface area contributed by atoms with Crippen molar-refractivity contribution in [3.63, 3.8) is 0 Å². The standard InChI is InChI=1S/C15H13N3O6S.ClH/c16-11-13(20)17-12(9(5-19)7-25-14(11)17)15(21)24-6-8-1-3-10(4-2-8)18(22)23;/h1-4,11-12,14H,6-7,16H2;1H/t11?,12?,14-;/m1./s1. The smallest absolute Gasteiger partial charge is 0.334 e. The van der Waals surface area contributed by atoms with E-state index in [1.165, 1.54) is 40.9 Å². The highest BCUT2D eigenvalue weighted by molar-refractivity contribution is 8.00. The number of benzene rings is 1. The number of ether oxygens (including phenoxy) is 1. The van der Waals surface area contributed by atoms with Crippen LogP contribution in [0.4, 0.5) is 5.69 Å². The van der Waals surface area contributed by atoms with Crippen LogP contribution in [0.3, 0.4) is 0 Å². The van der Waals surface area contributed by atoms with E-state index >= 15 is 0 Å². The number of hydrogen-bond acceptors (Lipinski definition) is 8. The zero-order valence-corrected chi connectivity index (χ0v) is 14.8. The summed E-state index contributed by atoms with van der Waals surface area (Å²) in [5.41, 5.74) is 6.31. The molecule has 2 unspecified atom stereocenters. The van der Waals surface area contributed by atoms with E-state index in [1.807, 2.05) is 0 Å². The molecule has 2 fully saturated rings. The molecule has 2 heterocycles. The predicted molar refractivity (Wildman–Crippen MR) is 94.2 cm³/mol. The monoisotopic (exact) mass is 399 g/mol. The van der Waals surface area contributed by atoms with Gasteiger partial charge in [-0.2, -0.15) is 0 Å². The van der Waals surface area contributed by atoms with Gasteiger partial charge in [-0.15, -0.1) is 24.2 Å². The van der Waals surface area contributed by atoms with E-state index in [-0.39, 0.29) is 41.4 Å². The first kappa shape index (κ1) is 19.9. The summed E-state index contributed by atoms with van der Waals surface area (Å²) in [6, 6.07) is 3.71. The molecular formula is C15H14ClN3O6S. The summed E-state index contributed by atoms with van der Waals surface area (Å²) in [5.74, 6) is 0.799. The number of nitro benzene ring substituents is 1. The molecule has 0 aromatic heterocycles. The average molecular weight is 400 g/mol. The van der Waals surface area contributed by atoms with Crippen LogP contribution in [0.5, 0.6) is 0 Å². The number of carbonyl (C=O) groups excluding carboxylic acids is 3. The number of β-lactam (4-membered cyclic amide) rings is 1. The van der Waals surface area contributed by atoms with Gasteiger partial charge in [0.05, 0.1) is 10.5 Å². The van der Waals surface area contributed by atoms with Crippen molar-refractivity contribution in [2.24, 2.45) is 5.73 Å². The normalized spacial score (nSPS) is 23.9. The van der Waals surface area contributed by atoms with Crippen molar-refractivity contribution in [2.75, 3.05) is 5.75 Å². The molecule has 1 aromatic rings. The Morgan fingerprint density at radius 2 is 2.08 bits per heavy atom. The number of carbonyl (C=O) groups is 2. The molecule has 26 heavy (non-hydrogen) atoms. The number of hydrogen-bond donors (Lipinski definition) is 1. The summed E-state index contributed by atoms with van der Waals surface area (Å²) in [5, 5.41) is 10.3. The molecule has 2 N–H and O–H groups in total. The molecule has 3 atom stereocenters. The van der Waals surface area contributed by atoms with Crippen LogP contribution in [0.1, 0.15) is 5.56 Å². The number of rotatable bonds is 4. The van der Waals surface area contributed by atoms with E-state index in [2.05, 4.69) is 0 Å². The van der Waals surface area contributed by atoms with Crippen LogP contribution in [0, 0.1) is 10.1 Å². The lowest BCUT2D eigenvalue weighted by Crippen LogP contribution is -2.73. The number of non-ortho nitro benzene ring substituents is 1. The molecule has 2 aliphatic rings. The Morgan fingerprint density at radius 3 is 2.65 bits per heavy atom. The minimum Gasteiger partial charge on any atom is -0.459 e. The summed E-state index contributed by atoms with van der Waals surface area (Å²) in [7, 11) is 0. The lowest BCUT2D eigenvalue weighted by Gasteiger charge is -2.50. The van der Waals surface area contributed by atoms with Gasteiger partial charge in [-0.05, 0) is 17.7 Å². The molecule has 0 aliphatic carbocycles. The van der Waals surface area contributed by atoms with Crippen molar-refractivity contribution in [3.8, 4) is 0 Å². The molecule has 2 saturated heterocycles. The maximum absolute atomic E-state index is 12.4. The molecule has 138 valence electrons. The third-order valence-electron chi connectivity index (χ3n) is 4.02. The fourth-order valence-corrected chi connectivity index (χ4v) is 3.96. The summed E-state index contributed by atoms with van der Waals surface area (Å²) in [6.45, 7) is -0.134. The van der Waals surface area contributed by atoms with Crippen molar-refractivity contribution in [1.82, 2.24) is 4.90 Å². The summed E-state index contributed by atoms with van der Waals surface area (Å²) in [4.78, 5) is 46.7. The van der Waals surface area contributed by atoms with Gasteiger partial charge in [0.25, 0.3) is 5.69 Å². The molecule has 1 aromatic carbocycles. The number of nitrogens with two attached hydrogens (primary N) is 1. The lowest BCUT2D eigenvalue weighted by molar-refractivity contribution is -0.384. The maximum Gasteiger partial charge on any atom is 0.334 e. The molecule has 0 saturated carbocycles. The topological polar surface area (TPSA) is 133 Å². The van der Waals surface area contributed by atoms with Crippen molar-refractivity contribution >= 4 is 47.7 Å². The molecule has 9 nitrogen and oxygen atoms in total. The van der Waals surface area contributed by atoms with Crippen LogP contribution < -0.4 is 5.73 Å². The largest absolute Gasteiger partial charge is 0.459 e. The van der Waals surface area contributed by atoms with Gasteiger partial charge in [0.2, 0.25) is 5.91 Å². The van der Waals surface area contributed by atoms with Gasteiger partial charge in [0.1, 0.15) is 24.0 Å². The highest BCUT2D eigenvalue weighted by Crippen LogP contribution is 2.39. The van der Waals surface area contributed by atoms with Crippen molar-refractivity contribution in [3.05, 3.63) is 45.5 Å². The average Bonchev–Trinajstić information content (AvgIpc) is 2.64. The van der Waals surface area contributed by atoms with Gasteiger partial charge in [0.15, 0.2) is 6.04 Å². The maximum atomic E-state index is 12.4. The second-order valence-electron chi connectivity index (χ2n) is 5.53. The van der Waals surface area contributed by atoms with Crippen molar-refractivity contribution in [1.29, 1.82) is 0 Å². The minimum atomic E-state index is -1.12. The van der Waals surface area contributed by atoms with E-state index in [9.17, 15) is 24.5 Å². The van der Waals surface area contributed by atoms with Crippen LogP contribution in [-0.2, 0) is 25.7 Å². The first-order chi connectivity index (χ1) is 11.9. The number of esters is 1. The number of nitrogens with zero attached hydrogens (tertiary/aromatic N) is 2. The fraction of sp³-hybridized carbons (Fsp3) is 0.333. The molecule has 0 bridgehead atoms. The van der Waals surface area contributed by atoms with E-state index in [4.69, 9.17) is 10.5 Å². The first-order valence-corrected chi connectivity index (χ1v) is 8.32. The van der Waals surface area contributed by atoms with E-state index in [1.54, 1.807) is 5.94 Å². The highest BCUT2D eigenvalue weighted by atomic mass is 35.5. The SMILES string of the molecule is Cl.NC1C(=O)N2C(C(=O)OCc3ccc([N+](=O)[O-])cc3)C(=C=O)CS[C@H]12. The van der Waals surface area contributed by atoms with Gasteiger partial charge >= 0.3 is 5.97 Å². The van der Waals surface area contributed by atoms with Crippen molar-refractivity contribution < 1.29 is 24.0 Å². The molecule has 0 spiro atoms. The summed E-state index contributed by atoms with van der Waals surface area (Å²) < 4.78 is 5.18. The van der Waals surface area contributed by atoms with Crippen LogP contribution in [0.2, 0.25) is 0 Å². The second-order valence-corrected chi connectivity index (χ2v) is 6.64. The van der Waals surface area contributed by atoms with Crippen LogP contribution in [0.25, 0.3) is 0 Å². The number of fused-ring (bicyclic) bond motifs is 1. The van der Waals surface area contributed by atoms with Gasteiger partial charge in [0, 0.05) is 17.9 Å². The third kappa shape index (κ3) is 3.45. The highest BCUT2D eigenvalue weighted by Gasteiger charge is 2.55. The summed E-state index contributed by atoms with van der Waals surface area (Å²) in [6.07, 6.45) is 0. The third-order valence-corrected chi connectivity index (χ3v) is 5.36. The lowest BCUT2D eigenvalue weighted by atomic mass is 9.99. The molecule has 1 amide bonds. The summed E-state index contributed by atoms with van der Waals surface area (Å²) >= 11 is 1.31. The Kier molecular flexibility index (Phi) is 6.04.